The zero-order chi connectivity index (χ0) is 12.3. The van der Waals surface area contributed by atoms with E-state index in [2.05, 4.69) is 24.5 Å². The third kappa shape index (κ3) is 2.78. The zero-order valence-electron chi connectivity index (χ0n) is 10.5. The minimum atomic E-state index is 0.0294. The molecule has 1 aliphatic rings. The zero-order valence-corrected chi connectivity index (χ0v) is 10.5. The second kappa shape index (κ2) is 5.21. The van der Waals surface area contributed by atoms with Crippen molar-refractivity contribution in [3.8, 4) is 0 Å². The highest BCUT2D eigenvalue weighted by molar-refractivity contribution is 5.95. The molecule has 1 aromatic carbocycles. The molecule has 92 valence electrons. The van der Waals surface area contributed by atoms with Gasteiger partial charge in [0.15, 0.2) is 0 Å². The molecule has 1 unspecified atom stereocenters. The van der Waals surface area contributed by atoms with Crippen LogP contribution in [0.5, 0.6) is 0 Å². The van der Waals surface area contributed by atoms with Crippen molar-refractivity contribution in [2.24, 2.45) is 5.92 Å². The van der Waals surface area contributed by atoms with Gasteiger partial charge in [0.05, 0.1) is 0 Å². The van der Waals surface area contributed by atoms with Crippen LogP contribution in [0.25, 0.3) is 0 Å². The van der Waals surface area contributed by atoms with Crippen LogP contribution in [-0.4, -0.2) is 19.0 Å². The van der Waals surface area contributed by atoms with Crippen molar-refractivity contribution in [2.45, 2.75) is 26.7 Å². The summed E-state index contributed by atoms with van der Waals surface area (Å²) in [4.78, 5) is 11.9. The van der Waals surface area contributed by atoms with Crippen LogP contribution in [0.15, 0.2) is 18.2 Å². The topological polar surface area (TPSA) is 41.1 Å². The summed E-state index contributed by atoms with van der Waals surface area (Å²) in [5.41, 5.74) is 3.17. The summed E-state index contributed by atoms with van der Waals surface area (Å²) in [7, 11) is 0. The standard InChI is InChI=1S/C14H20N2O/c1-3-10(2)9-16-14(17)12-5-4-11-6-7-15-13(11)8-12/h4-5,8,10,15H,3,6-7,9H2,1-2H3,(H,16,17). The van der Waals surface area contributed by atoms with Gasteiger partial charge in [0.2, 0.25) is 0 Å². The molecule has 0 saturated heterocycles. The first-order valence-corrected chi connectivity index (χ1v) is 6.35. The lowest BCUT2D eigenvalue weighted by Crippen LogP contribution is -2.28. The number of carbonyl (C=O) groups is 1. The Balaban J connectivity index is 2.00. The maximum atomic E-state index is 11.9. The fraction of sp³-hybridized carbons (Fsp3) is 0.500. The van der Waals surface area contributed by atoms with Crippen molar-refractivity contribution >= 4 is 11.6 Å². The predicted octanol–water partition coefficient (Wildman–Crippen LogP) is 2.43. The van der Waals surface area contributed by atoms with Crippen LogP contribution in [0, 0.1) is 5.92 Å². The molecule has 1 aromatic rings. The van der Waals surface area contributed by atoms with E-state index in [9.17, 15) is 4.79 Å². The third-order valence-electron chi connectivity index (χ3n) is 3.39. The molecule has 0 aliphatic carbocycles. The van der Waals surface area contributed by atoms with Crippen LogP contribution < -0.4 is 10.6 Å². The van der Waals surface area contributed by atoms with Gasteiger partial charge in [-0.15, -0.1) is 0 Å². The molecule has 1 aliphatic heterocycles. The molecule has 1 amide bonds. The van der Waals surface area contributed by atoms with Gasteiger partial charge in [-0.1, -0.05) is 26.3 Å². The van der Waals surface area contributed by atoms with E-state index in [0.29, 0.717) is 5.92 Å². The van der Waals surface area contributed by atoms with Crippen molar-refractivity contribution in [1.82, 2.24) is 5.32 Å². The number of rotatable bonds is 4. The van der Waals surface area contributed by atoms with Crippen LogP contribution >= 0.6 is 0 Å². The maximum absolute atomic E-state index is 11.9. The summed E-state index contributed by atoms with van der Waals surface area (Å²) < 4.78 is 0. The molecule has 3 heteroatoms. The van der Waals surface area contributed by atoms with Crippen molar-refractivity contribution < 1.29 is 4.79 Å². The molecule has 0 spiro atoms. The van der Waals surface area contributed by atoms with Gasteiger partial charge in [-0.25, -0.2) is 0 Å². The number of anilines is 1. The molecule has 3 nitrogen and oxygen atoms in total. The lowest BCUT2D eigenvalue weighted by molar-refractivity contribution is 0.0948. The largest absolute Gasteiger partial charge is 0.384 e. The molecule has 0 radical (unpaired) electrons. The molecular formula is C14H20N2O. The Bertz CT molecular complexity index is 415. The summed E-state index contributed by atoms with van der Waals surface area (Å²) in [5.74, 6) is 0.563. The van der Waals surface area contributed by atoms with Crippen molar-refractivity contribution in [3.05, 3.63) is 29.3 Å². The van der Waals surface area contributed by atoms with Crippen LogP contribution in [0.4, 0.5) is 5.69 Å². The van der Waals surface area contributed by atoms with Crippen molar-refractivity contribution in [2.75, 3.05) is 18.4 Å². The summed E-state index contributed by atoms with van der Waals surface area (Å²) in [6.07, 6.45) is 2.15. The number of fused-ring (bicyclic) bond motifs is 1. The molecule has 0 aromatic heterocycles. The van der Waals surface area contributed by atoms with E-state index < -0.39 is 0 Å². The van der Waals surface area contributed by atoms with Gasteiger partial charge in [-0.05, 0) is 30.0 Å². The Morgan fingerprint density at radius 1 is 1.53 bits per heavy atom. The molecular weight excluding hydrogens is 212 g/mol. The highest BCUT2D eigenvalue weighted by Gasteiger charge is 2.13. The molecule has 1 heterocycles. The minimum absolute atomic E-state index is 0.0294. The minimum Gasteiger partial charge on any atom is -0.384 e. The Kier molecular flexibility index (Phi) is 3.67. The van der Waals surface area contributed by atoms with E-state index in [1.54, 1.807) is 0 Å². The molecule has 0 saturated carbocycles. The van der Waals surface area contributed by atoms with Gasteiger partial charge in [0, 0.05) is 24.3 Å². The fourth-order valence-electron chi connectivity index (χ4n) is 1.95. The normalized spacial score (nSPS) is 14.9. The van der Waals surface area contributed by atoms with Gasteiger partial charge < -0.3 is 10.6 Å². The summed E-state index contributed by atoms with van der Waals surface area (Å²) in [6.45, 7) is 6.01. The Labute approximate surface area is 103 Å². The Hall–Kier alpha value is -1.51. The highest BCUT2D eigenvalue weighted by atomic mass is 16.1. The van der Waals surface area contributed by atoms with E-state index in [4.69, 9.17) is 0 Å². The van der Waals surface area contributed by atoms with Crippen molar-refractivity contribution in [1.29, 1.82) is 0 Å². The number of nitrogens with one attached hydrogen (secondary N) is 2. The molecule has 1 atom stereocenters. The number of hydrogen-bond donors (Lipinski definition) is 2. The molecule has 0 fully saturated rings. The van der Waals surface area contributed by atoms with Gasteiger partial charge in [-0.2, -0.15) is 0 Å². The van der Waals surface area contributed by atoms with E-state index in [-0.39, 0.29) is 5.91 Å². The third-order valence-corrected chi connectivity index (χ3v) is 3.39. The second-order valence-electron chi connectivity index (χ2n) is 4.77. The lowest BCUT2D eigenvalue weighted by Gasteiger charge is -2.10. The Morgan fingerprint density at radius 3 is 3.12 bits per heavy atom. The fourth-order valence-corrected chi connectivity index (χ4v) is 1.95. The SMILES string of the molecule is CCC(C)CNC(=O)c1ccc2c(c1)NCC2. The molecule has 2 N–H and O–H groups in total. The summed E-state index contributed by atoms with van der Waals surface area (Å²) in [6, 6.07) is 5.92. The van der Waals surface area contributed by atoms with Crippen LogP contribution in [0.2, 0.25) is 0 Å². The first-order chi connectivity index (χ1) is 8.20. The summed E-state index contributed by atoms with van der Waals surface area (Å²) >= 11 is 0. The molecule has 17 heavy (non-hydrogen) atoms. The number of carbonyl (C=O) groups excluding carboxylic acids is 1. The maximum Gasteiger partial charge on any atom is 0.251 e. The van der Waals surface area contributed by atoms with Crippen molar-refractivity contribution in [3.63, 3.8) is 0 Å². The summed E-state index contributed by atoms with van der Waals surface area (Å²) in [5, 5.41) is 6.27. The monoisotopic (exact) mass is 232 g/mol. The van der Waals surface area contributed by atoms with E-state index >= 15 is 0 Å². The van der Waals surface area contributed by atoms with Gasteiger partial charge in [0.25, 0.3) is 5.91 Å². The average Bonchev–Trinajstić information content (AvgIpc) is 2.82. The Morgan fingerprint density at radius 2 is 2.35 bits per heavy atom. The van der Waals surface area contributed by atoms with Gasteiger partial charge in [0.1, 0.15) is 0 Å². The molecule has 0 bridgehead atoms. The predicted molar refractivity (Wildman–Crippen MR) is 70.4 cm³/mol. The van der Waals surface area contributed by atoms with E-state index in [1.807, 2.05) is 18.2 Å². The van der Waals surface area contributed by atoms with Gasteiger partial charge >= 0.3 is 0 Å². The van der Waals surface area contributed by atoms with Crippen LogP contribution in [0.3, 0.4) is 0 Å². The van der Waals surface area contributed by atoms with Gasteiger partial charge in [-0.3, -0.25) is 4.79 Å². The lowest BCUT2D eigenvalue weighted by atomic mass is 10.1. The van der Waals surface area contributed by atoms with E-state index in [1.165, 1.54) is 5.56 Å². The highest BCUT2D eigenvalue weighted by Crippen LogP contribution is 2.23. The number of amides is 1. The smallest absolute Gasteiger partial charge is 0.251 e. The first-order valence-electron chi connectivity index (χ1n) is 6.35. The second-order valence-corrected chi connectivity index (χ2v) is 4.77. The molecule has 2 rings (SSSR count). The van der Waals surface area contributed by atoms with E-state index in [0.717, 1.165) is 37.2 Å². The van der Waals surface area contributed by atoms with Crippen LogP contribution in [0.1, 0.15) is 36.2 Å². The first kappa shape index (κ1) is 12.0. The number of benzene rings is 1. The quantitative estimate of drug-likeness (QED) is 0.837. The van der Waals surface area contributed by atoms with Crippen LogP contribution in [-0.2, 0) is 6.42 Å². The average molecular weight is 232 g/mol. The number of hydrogen-bond acceptors (Lipinski definition) is 2.